The van der Waals surface area contributed by atoms with Crippen molar-refractivity contribution >= 4 is 5.97 Å². The largest absolute Gasteiger partial charge is 0.512 e. The van der Waals surface area contributed by atoms with Gasteiger partial charge in [0.1, 0.15) is 5.76 Å². The van der Waals surface area contributed by atoms with Gasteiger partial charge in [0.15, 0.2) is 0 Å². The fourth-order valence-corrected chi connectivity index (χ4v) is 1.56. The molecule has 3 heteroatoms. The molecular formula is C14H18O3. The Morgan fingerprint density at radius 1 is 1.29 bits per heavy atom. The first-order valence-electron chi connectivity index (χ1n) is 5.66. The van der Waals surface area contributed by atoms with Gasteiger partial charge in [-0.25, -0.2) is 4.79 Å². The number of aliphatic hydroxyl groups excluding tert-OH is 1. The van der Waals surface area contributed by atoms with Crippen LogP contribution in [0.4, 0.5) is 0 Å². The van der Waals surface area contributed by atoms with Crippen molar-refractivity contribution in [2.24, 2.45) is 0 Å². The van der Waals surface area contributed by atoms with Crippen molar-refractivity contribution in [1.82, 2.24) is 0 Å². The lowest BCUT2D eigenvalue weighted by Crippen LogP contribution is -2.05. The van der Waals surface area contributed by atoms with Crippen LogP contribution in [0, 0.1) is 0 Å². The molecule has 0 aliphatic heterocycles. The van der Waals surface area contributed by atoms with Crippen molar-refractivity contribution in [3.8, 4) is 0 Å². The number of carbonyl (C=O) groups is 1. The number of esters is 1. The van der Waals surface area contributed by atoms with Gasteiger partial charge >= 0.3 is 5.97 Å². The molecule has 0 saturated heterocycles. The third-order valence-electron chi connectivity index (χ3n) is 2.65. The van der Waals surface area contributed by atoms with Crippen LogP contribution in [0.5, 0.6) is 0 Å². The zero-order chi connectivity index (χ0) is 12.7. The van der Waals surface area contributed by atoms with E-state index < -0.39 is 5.97 Å². The Morgan fingerprint density at radius 2 is 1.94 bits per heavy atom. The average molecular weight is 234 g/mol. The molecule has 0 aromatic heterocycles. The van der Waals surface area contributed by atoms with Crippen LogP contribution < -0.4 is 0 Å². The number of allylic oxidation sites excluding steroid dienone is 1. The molecule has 92 valence electrons. The van der Waals surface area contributed by atoms with E-state index in [1.807, 2.05) is 30.3 Å². The van der Waals surface area contributed by atoms with E-state index in [0.29, 0.717) is 12.0 Å². The first-order valence-corrected chi connectivity index (χ1v) is 5.66. The highest BCUT2D eigenvalue weighted by Crippen LogP contribution is 2.12. The number of aryl methyl sites for hydroxylation is 1. The highest BCUT2D eigenvalue weighted by atomic mass is 16.5. The number of benzene rings is 1. The normalized spacial score (nSPS) is 11.9. The van der Waals surface area contributed by atoms with Crippen LogP contribution in [-0.4, -0.2) is 18.2 Å². The third-order valence-corrected chi connectivity index (χ3v) is 2.65. The lowest BCUT2D eigenvalue weighted by molar-refractivity contribution is -0.136. The first kappa shape index (κ1) is 13.3. The van der Waals surface area contributed by atoms with Gasteiger partial charge in [0.05, 0.1) is 12.7 Å². The monoisotopic (exact) mass is 234 g/mol. The van der Waals surface area contributed by atoms with E-state index in [0.717, 1.165) is 12.8 Å². The zero-order valence-corrected chi connectivity index (χ0v) is 10.3. The summed E-state index contributed by atoms with van der Waals surface area (Å²) in [5, 5.41) is 9.68. The van der Waals surface area contributed by atoms with Crippen molar-refractivity contribution in [3.63, 3.8) is 0 Å². The maximum atomic E-state index is 11.1. The Bertz CT molecular complexity index is 393. The molecule has 0 spiro atoms. The van der Waals surface area contributed by atoms with Crippen molar-refractivity contribution in [1.29, 1.82) is 0 Å². The number of ether oxygens (including phenoxy) is 1. The van der Waals surface area contributed by atoms with Crippen molar-refractivity contribution in [2.45, 2.75) is 26.2 Å². The van der Waals surface area contributed by atoms with E-state index in [9.17, 15) is 9.90 Å². The van der Waals surface area contributed by atoms with Gasteiger partial charge in [-0.3, -0.25) is 0 Å². The Balaban J connectivity index is 2.44. The van der Waals surface area contributed by atoms with E-state index in [4.69, 9.17) is 0 Å². The molecule has 0 heterocycles. The predicted molar refractivity (Wildman–Crippen MR) is 66.7 cm³/mol. The number of rotatable bonds is 5. The number of carbonyl (C=O) groups excluding carboxylic acids is 1. The van der Waals surface area contributed by atoms with Crippen LogP contribution in [0.15, 0.2) is 41.7 Å². The molecule has 0 aliphatic carbocycles. The van der Waals surface area contributed by atoms with Crippen molar-refractivity contribution in [2.75, 3.05) is 7.11 Å². The fourth-order valence-electron chi connectivity index (χ4n) is 1.56. The molecule has 0 amide bonds. The molecule has 0 bridgehead atoms. The molecule has 0 atom stereocenters. The van der Waals surface area contributed by atoms with Gasteiger partial charge in [0, 0.05) is 6.42 Å². The van der Waals surface area contributed by atoms with Gasteiger partial charge in [-0.1, -0.05) is 30.3 Å². The first-order chi connectivity index (χ1) is 8.15. The smallest absolute Gasteiger partial charge is 0.336 e. The van der Waals surface area contributed by atoms with Crippen molar-refractivity contribution < 1.29 is 14.6 Å². The lowest BCUT2D eigenvalue weighted by Gasteiger charge is -2.05. The summed E-state index contributed by atoms with van der Waals surface area (Å²) < 4.78 is 4.54. The SMILES string of the molecule is COC(=O)C(C)=C(O)CCCc1ccccc1. The van der Waals surface area contributed by atoms with Crippen molar-refractivity contribution in [3.05, 3.63) is 47.2 Å². The molecule has 0 unspecified atom stereocenters. The minimum Gasteiger partial charge on any atom is -0.512 e. The predicted octanol–water partition coefficient (Wildman–Crippen LogP) is 3.01. The minimum absolute atomic E-state index is 0.118. The molecule has 0 radical (unpaired) electrons. The number of hydrogen-bond donors (Lipinski definition) is 1. The highest BCUT2D eigenvalue weighted by molar-refractivity contribution is 5.88. The van der Waals surface area contributed by atoms with Crippen LogP contribution >= 0.6 is 0 Å². The number of methoxy groups -OCH3 is 1. The molecule has 1 aromatic rings. The molecule has 0 fully saturated rings. The molecule has 3 nitrogen and oxygen atoms in total. The average Bonchev–Trinajstić information content (AvgIpc) is 2.38. The Morgan fingerprint density at radius 3 is 2.53 bits per heavy atom. The molecule has 0 saturated carbocycles. The maximum Gasteiger partial charge on any atom is 0.336 e. The summed E-state index contributed by atoms with van der Waals surface area (Å²) in [7, 11) is 1.31. The van der Waals surface area contributed by atoms with Crippen LogP contribution in [0.3, 0.4) is 0 Å². The highest BCUT2D eigenvalue weighted by Gasteiger charge is 2.09. The maximum absolute atomic E-state index is 11.1. The van der Waals surface area contributed by atoms with Gasteiger partial charge in [-0.2, -0.15) is 0 Å². The zero-order valence-electron chi connectivity index (χ0n) is 10.3. The van der Waals surface area contributed by atoms with E-state index in [1.54, 1.807) is 6.92 Å². The standard InChI is InChI=1S/C14H18O3/c1-11(14(16)17-2)13(15)10-6-9-12-7-4-3-5-8-12/h3-5,7-8,15H,6,9-10H2,1-2H3. The summed E-state index contributed by atoms with van der Waals surface area (Å²) in [6.07, 6.45) is 2.19. The van der Waals surface area contributed by atoms with Gasteiger partial charge in [0.25, 0.3) is 0 Å². The fraction of sp³-hybridized carbons (Fsp3) is 0.357. The minimum atomic E-state index is -0.470. The summed E-state index contributed by atoms with van der Waals surface area (Å²) in [6, 6.07) is 10.1. The number of aliphatic hydroxyl groups is 1. The van der Waals surface area contributed by atoms with Crippen LogP contribution in [0.1, 0.15) is 25.3 Å². The molecule has 1 rings (SSSR count). The van der Waals surface area contributed by atoms with Gasteiger partial charge in [-0.15, -0.1) is 0 Å². The van der Waals surface area contributed by atoms with Crippen LogP contribution in [-0.2, 0) is 16.0 Å². The summed E-state index contributed by atoms with van der Waals surface area (Å²) in [6.45, 7) is 1.57. The third kappa shape index (κ3) is 4.31. The van der Waals surface area contributed by atoms with Gasteiger partial charge in [-0.05, 0) is 25.3 Å². The van der Waals surface area contributed by atoms with Crippen LogP contribution in [0.25, 0.3) is 0 Å². The Hall–Kier alpha value is -1.77. The van der Waals surface area contributed by atoms with E-state index in [-0.39, 0.29) is 5.76 Å². The van der Waals surface area contributed by atoms with Gasteiger partial charge < -0.3 is 9.84 Å². The molecule has 1 aromatic carbocycles. The Labute approximate surface area is 102 Å². The lowest BCUT2D eigenvalue weighted by atomic mass is 10.1. The molecule has 17 heavy (non-hydrogen) atoms. The van der Waals surface area contributed by atoms with Gasteiger partial charge in [0.2, 0.25) is 0 Å². The van der Waals surface area contributed by atoms with E-state index in [1.165, 1.54) is 12.7 Å². The van der Waals surface area contributed by atoms with E-state index in [2.05, 4.69) is 4.74 Å². The number of hydrogen-bond acceptors (Lipinski definition) is 3. The second-order valence-corrected chi connectivity index (χ2v) is 3.90. The Kier molecular flexibility index (Phi) is 5.27. The summed E-state index contributed by atoms with van der Waals surface area (Å²) in [5.41, 5.74) is 1.52. The van der Waals surface area contributed by atoms with E-state index >= 15 is 0 Å². The second-order valence-electron chi connectivity index (χ2n) is 3.90. The topological polar surface area (TPSA) is 46.5 Å². The summed E-state index contributed by atoms with van der Waals surface area (Å²) in [4.78, 5) is 11.1. The second kappa shape index (κ2) is 6.74. The summed E-state index contributed by atoms with van der Waals surface area (Å²) in [5.74, 6) is -0.352. The molecule has 1 N–H and O–H groups in total. The molecular weight excluding hydrogens is 216 g/mol. The van der Waals surface area contributed by atoms with Crippen LogP contribution in [0.2, 0.25) is 0 Å². The summed E-state index contributed by atoms with van der Waals surface area (Å²) >= 11 is 0. The quantitative estimate of drug-likeness (QED) is 0.484. The molecule has 0 aliphatic rings.